The van der Waals surface area contributed by atoms with E-state index in [-0.39, 0.29) is 19.0 Å². The van der Waals surface area contributed by atoms with Crippen LogP contribution in [-0.4, -0.2) is 34.5 Å². The Hall–Kier alpha value is -2.24. The van der Waals surface area contributed by atoms with Crippen LogP contribution in [0.2, 0.25) is 0 Å². The summed E-state index contributed by atoms with van der Waals surface area (Å²) in [5, 5.41) is 8.80. The van der Waals surface area contributed by atoms with Crippen molar-refractivity contribution in [3.63, 3.8) is 0 Å². The third-order valence-electron chi connectivity index (χ3n) is 4.27. The van der Waals surface area contributed by atoms with E-state index in [2.05, 4.69) is 21.0 Å². The number of aliphatic hydroxyl groups is 1. The molecule has 3 N–H and O–H groups in total. The maximum absolute atomic E-state index is 8.80. The van der Waals surface area contributed by atoms with Crippen LogP contribution in [0.25, 0.3) is 17.5 Å². The Morgan fingerprint density at radius 3 is 2.73 bits per heavy atom. The average molecular weight is 376 g/mol. The van der Waals surface area contributed by atoms with Crippen LogP contribution >= 0.6 is 12.4 Å². The number of hydrogen-bond acceptors (Lipinski definition) is 3. The van der Waals surface area contributed by atoms with Crippen molar-refractivity contribution in [1.82, 2.24) is 9.97 Å². The van der Waals surface area contributed by atoms with Gasteiger partial charge in [0.05, 0.1) is 29.9 Å². The third-order valence-corrected chi connectivity index (χ3v) is 4.27. The summed E-state index contributed by atoms with van der Waals surface area (Å²) in [6.45, 7) is 0.288. The lowest BCUT2D eigenvalue weighted by atomic mass is 10.1. The normalized spacial score (nSPS) is 14.5. The second kappa shape index (κ2) is 10.0. The Labute approximate surface area is 160 Å². The van der Waals surface area contributed by atoms with Gasteiger partial charge in [-0.1, -0.05) is 12.8 Å². The summed E-state index contributed by atoms with van der Waals surface area (Å²) < 4.78 is 5.48. The summed E-state index contributed by atoms with van der Waals surface area (Å²) in [6, 6.07) is 5.98. The van der Waals surface area contributed by atoms with Crippen LogP contribution in [0.3, 0.4) is 0 Å². The first-order valence-corrected chi connectivity index (χ1v) is 8.79. The lowest BCUT2D eigenvalue weighted by molar-refractivity contribution is 0.283. The van der Waals surface area contributed by atoms with Gasteiger partial charge in [-0.25, -0.2) is 0 Å². The fourth-order valence-electron chi connectivity index (χ4n) is 2.93. The molecular formula is C20H26ClN3O2. The number of hydrogen-bond donors (Lipinski definition) is 3. The number of nitrogens with one attached hydrogen (secondary N) is 2. The largest absolute Gasteiger partial charge is 0.494 e. The van der Waals surface area contributed by atoms with Crippen LogP contribution < -0.4 is 4.74 Å². The number of ether oxygens (including phenoxy) is 1. The highest BCUT2D eigenvalue weighted by Gasteiger charge is 2.11. The molecule has 1 aliphatic rings. The van der Waals surface area contributed by atoms with Gasteiger partial charge in [0, 0.05) is 24.6 Å². The summed E-state index contributed by atoms with van der Waals surface area (Å²) in [5.41, 5.74) is 4.98. The van der Waals surface area contributed by atoms with Gasteiger partial charge in [0.1, 0.15) is 5.75 Å². The number of unbranched alkanes of at least 4 members (excludes halogenated alkanes) is 3. The molecule has 0 radical (unpaired) electrons. The first-order chi connectivity index (χ1) is 12.3. The summed E-state index contributed by atoms with van der Waals surface area (Å²) >= 11 is 0. The average Bonchev–Trinajstić information content (AvgIpc) is 3.35. The van der Waals surface area contributed by atoms with E-state index in [4.69, 9.17) is 9.84 Å². The van der Waals surface area contributed by atoms with E-state index >= 15 is 0 Å². The summed E-state index contributed by atoms with van der Waals surface area (Å²) in [7, 11) is 1.68. The van der Waals surface area contributed by atoms with Crippen molar-refractivity contribution in [2.24, 2.45) is 4.99 Å². The number of rotatable bonds is 9. The zero-order valence-electron chi connectivity index (χ0n) is 15.0. The van der Waals surface area contributed by atoms with Crippen molar-refractivity contribution >= 4 is 24.2 Å². The molecule has 6 heteroatoms. The van der Waals surface area contributed by atoms with E-state index in [0.29, 0.717) is 0 Å². The molecule has 0 bridgehead atoms. The molecule has 3 rings (SSSR count). The lowest BCUT2D eigenvalue weighted by Gasteiger charge is -1.99. The van der Waals surface area contributed by atoms with Gasteiger partial charge in [-0.2, -0.15) is 0 Å². The predicted molar refractivity (Wildman–Crippen MR) is 109 cm³/mol. The monoisotopic (exact) mass is 375 g/mol. The standard InChI is InChI=1S/C20H25N3O2.ClH/c1-25-20-14-18(17-8-6-11-21-17)23-19(20)13-16-10-9-15(22-16)7-4-2-3-5-12-24;/h6,8-11,13-14,21,23-24H,2-5,7,12H2,1H3;1H. The first-order valence-electron chi connectivity index (χ1n) is 8.79. The molecule has 0 atom stereocenters. The van der Waals surface area contributed by atoms with E-state index in [1.54, 1.807) is 7.11 Å². The van der Waals surface area contributed by atoms with E-state index in [1.165, 1.54) is 0 Å². The van der Waals surface area contributed by atoms with Crippen LogP contribution in [0.4, 0.5) is 0 Å². The predicted octanol–water partition coefficient (Wildman–Crippen LogP) is 4.73. The van der Waals surface area contributed by atoms with Gasteiger partial charge >= 0.3 is 0 Å². The Morgan fingerprint density at radius 1 is 1.15 bits per heavy atom. The van der Waals surface area contributed by atoms with Crippen LogP contribution in [0.1, 0.15) is 37.8 Å². The fraction of sp³-hybridized carbons (Fsp3) is 0.350. The van der Waals surface area contributed by atoms with Crippen molar-refractivity contribution in [2.45, 2.75) is 32.1 Å². The summed E-state index contributed by atoms with van der Waals surface area (Å²) in [5.74, 6) is 0.804. The van der Waals surface area contributed by atoms with E-state index in [1.807, 2.05) is 36.5 Å². The molecule has 5 nitrogen and oxygen atoms in total. The molecule has 2 aromatic heterocycles. The summed E-state index contributed by atoms with van der Waals surface area (Å²) in [6.07, 6.45) is 13.2. The number of aromatic nitrogens is 2. The van der Waals surface area contributed by atoms with Crippen molar-refractivity contribution in [2.75, 3.05) is 13.7 Å². The molecule has 140 valence electrons. The fourth-order valence-corrected chi connectivity index (χ4v) is 2.93. The zero-order valence-corrected chi connectivity index (χ0v) is 15.8. The van der Waals surface area contributed by atoms with Crippen LogP contribution in [0.15, 0.2) is 47.2 Å². The summed E-state index contributed by atoms with van der Waals surface area (Å²) in [4.78, 5) is 11.3. The Kier molecular flexibility index (Phi) is 7.75. The minimum absolute atomic E-state index is 0. The second-order valence-electron chi connectivity index (χ2n) is 6.14. The van der Waals surface area contributed by atoms with Gasteiger partial charge < -0.3 is 19.8 Å². The molecule has 3 heterocycles. The number of aliphatic hydroxyl groups excluding tert-OH is 1. The number of allylic oxidation sites excluding steroid dienone is 2. The Bertz CT molecular complexity index is 773. The second-order valence-corrected chi connectivity index (χ2v) is 6.14. The van der Waals surface area contributed by atoms with Crippen LogP contribution in [0, 0.1) is 0 Å². The van der Waals surface area contributed by atoms with E-state index in [9.17, 15) is 0 Å². The van der Waals surface area contributed by atoms with Gasteiger partial charge in [-0.15, -0.1) is 12.4 Å². The molecule has 0 fully saturated rings. The molecule has 0 aromatic carbocycles. The highest BCUT2D eigenvalue weighted by atomic mass is 35.5. The molecular weight excluding hydrogens is 350 g/mol. The molecule has 0 saturated carbocycles. The number of halogens is 1. The first kappa shape index (κ1) is 20.1. The lowest BCUT2D eigenvalue weighted by Crippen LogP contribution is -1.91. The maximum atomic E-state index is 8.80. The smallest absolute Gasteiger partial charge is 0.144 e. The minimum Gasteiger partial charge on any atom is -0.494 e. The molecule has 0 saturated heterocycles. The Morgan fingerprint density at radius 2 is 2.00 bits per heavy atom. The molecule has 0 amide bonds. The van der Waals surface area contributed by atoms with Gasteiger partial charge in [-0.05, 0) is 49.6 Å². The van der Waals surface area contributed by atoms with Gasteiger partial charge in [0.2, 0.25) is 0 Å². The highest BCUT2D eigenvalue weighted by Crippen LogP contribution is 2.29. The minimum atomic E-state index is 0. The Balaban J connectivity index is 0.00000243. The molecule has 2 aromatic rings. The van der Waals surface area contributed by atoms with E-state index < -0.39 is 0 Å². The van der Waals surface area contributed by atoms with Crippen molar-refractivity contribution in [3.05, 3.63) is 47.9 Å². The third kappa shape index (κ3) is 5.13. The number of aromatic amines is 2. The highest BCUT2D eigenvalue weighted by molar-refractivity contribution is 5.99. The molecule has 0 unspecified atom stereocenters. The SMILES string of the molecule is COc1cc(-c2ccc[nH]2)[nH]c1C=C1C=CC(CCCCCCO)=N1.Cl. The maximum Gasteiger partial charge on any atom is 0.144 e. The van der Waals surface area contributed by atoms with Gasteiger partial charge in [0.15, 0.2) is 0 Å². The zero-order chi connectivity index (χ0) is 17.5. The van der Waals surface area contributed by atoms with Gasteiger partial charge in [0.25, 0.3) is 0 Å². The number of methoxy groups -OCH3 is 1. The van der Waals surface area contributed by atoms with Crippen molar-refractivity contribution < 1.29 is 9.84 Å². The van der Waals surface area contributed by atoms with Crippen molar-refractivity contribution in [1.29, 1.82) is 0 Å². The number of nitrogens with zero attached hydrogens (tertiary/aromatic N) is 1. The molecule has 26 heavy (non-hydrogen) atoms. The van der Waals surface area contributed by atoms with Gasteiger partial charge in [-0.3, -0.25) is 4.99 Å². The van der Waals surface area contributed by atoms with Crippen LogP contribution in [-0.2, 0) is 0 Å². The van der Waals surface area contributed by atoms with Crippen molar-refractivity contribution in [3.8, 4) is 17.1 Å². The van der Waals surface area contributed by atoms with E-state index in [0.717, 1.165) is 66.3 Å². The molecule has 0 spiro atoms. The quantitative estimate of drug-likeness (QED) is 0.554. The number of aliphatic imine (C=N–C) groups is 1. The number of H-pyrrole nitrogens is 2. The molecule has 1 aliphatic heterocycles. The molecule has 0 aliphatic carbocycles. The van der Waals surface area contributed by atoms with Crippen LogP contribution in [0.5, 0.6) is 5.75 Å². The topological polar surface area (TPSA) is 73.4 Å².